The lowest BCUT2D eigenvalue weighted by atomic mass is 9.46. The molecular formula is C27H32I2O4. The van der Waals surface area contributed by atoms with Crippen LogP contribution in [0.5, 0.6) is 0 Å². The molecule has 33 heavy (non-hydrogen) atoms. The van der Waals surface area contributed by atoms with Gasteiger partial charge in [0.15, 0.2) is 0 Å². The first kappa shape index (κ1) is 26.4. The fraction of sp³-hybridized carbons (Fsp3) is 0.481. The maximum atomic E-state index is 13.2. The first-order chi connectivity index (χ1) is 15.8. The molecule has 4 nitrogen and oxygen atoms in total. The first-order valence-corrected chi connectivity index (χ1v) is 13.9. The second-order valence-corrected chi connectivity index (χ2v) is 15.0. The Labute approximate surface area is 224 Å². The molecule has 0 spiro atoms. The van der Waals surface area contributed by atoms with Crippen molar-refractivity contribution < 1.29 is 19.1 Å². The van der Waals surface area contributed by atoms with E-state index in [0.717, 1.165) is 57.1 Å². The van der Waals surface area contributed by atoms with Crippen LogP contribution in [0.15, 0.2) is 54.6 Å². The average Bonchev–Trinajstić information content (AvgIpc) is 2.82. The van der Waals surface area contributed by atoms with Gasteiger partial charge in [-0.1, -0.05) is 113 Å². The highest BCUT2D eigenvalue weighted by Crippen LogP contribution is 2.65. The minimum atomic E-state index is -0.690. The zero-order valence-corrected chi connectivity index (χ0v) is 23.8. The summed E-state index contributed by atoms with van der Waals surface area (Å²) in [5.74, 6) is -0.648. The van der Waals surface area contributed by atoms with Crippen LogP contribution in [-0.4, -0.2) is 28.1 Å². The standard InChI is InChI=1S/C25H28O4.C2H4I2/c1-28-22(26)24-14-8-16-25(17-9-15-24,23(27)29-2)21(24)20-13-7-6-12-19(20)18-10-4-3-5-11-18;1-2(3)4/h3-7,10-13,21H,8-9,14-17H2,1-2H3;2H,1H3. The Morgan fingerprint density at radius 3 is 1.70 bits per heavy atom. The van der Waals surface area contributed by atoms with Crippen LogP contribution < -0.4 is 0 Å². The predicted molar refractivity (Wildman–Crippen MR) is 149 cm³/mol. The van der Waals surface area contributed by atoms with Crippen LogP contribution in [0.4, 0.5) is 0 Å². The molecule has 2 bridgehead atoms. The number of halogens is 2. The SMILES string of the molecule is CC(I)I.COC(=O)C12CCCC(C(=O)OC)(CCC1)C2c1ccccc1-c1ccccc1. The molecule has 0 unspecified atom stereocenters. The highest BCUT2D eigenvalue weighted by atomic mass is 127. The third kappa shape index (κ3) is 5.26. The number of esters is 2. The van der Waals surface area contributed by atoms with Crippen molar-refractivity contribution in [3.05, 3.63) is 60.2 Å². The van der Waals surface area contributed by atoms with Gasteiger partial charge in [0, 0.05) is 5.92 Å². The number of carbonyl (C=O) groups is 2. The van der Waals surface area contributed by atoms with Crippen molar-refractivity contribution >= 4 is 57.1 Å². The molecule has 0 aromatic heterocycles. The Bertz CT molecular complexity index is 913. The number of hydrogen-bond donors (Lipinski definition) is 0. The number of benzene rings is 2. The van der Waals surface area contributed by atoms with Gasteiger partial charge < -0.3 is 9.47 Å². The molecule has 0 amide bonds. The van der Waals surface area contributed by atoms with Gasteiger partial charge in [0.2, 0.25) is 0 Å². The predicted octanol–water partition coefficient (Wildman–Crippen LogP) is 7.33. The molecule has 2 fully saturated rings. The van der Waals surface area contributed by atoms with Gasteiger partial charge in [0.1, 0.15) is 0 Å². The Hall–Kier alpha value is -1.16. The van der Waals surface area contributed by atoms with Crippen molar-refractivity contribution in [2.24, 2.45) is 10.8 Å². The van der Waals surface area contributed by atoms with Gasteiger partial charge in [-0.2, -0.15) is 0 Å². The number of ether oxygens (including phenoxy) is 2. The van der Waals surface area contributed by atoms with Crippen LogP contribution in [0.1, 0.15) is 56.9 Å². The molecule has 0 N–H and O–H groups in total. The molecule has 0 saturated heterocycles. The molecular weight excluding hydrogens is 642 g/mol. The van der Waals surface area contributed by atoms with Crippen molar-refractivity contribution in [2.75, 3.05) is 14.2 Å². The van der Waals surface area contributed by atoms with Crippen molar-refractivity contribution in [2.45, 2.75) is 53.3 Å². The summed E-state index contributed by atoms with van der Waals surface area (Å²) in [5, 5.41) is 0. The zero-order valence-electron chi connectivity index (χ0n) is 19.5. The summed E-state index contributed by atoms with van der Waals surface area (Å²) in [5.41, 5.74) is 1.83. The molecule has 2 saturated carbocycles. The van der Waals surface area contributed by atoms with Crippen LogP contribution in [0.3, 0.4) is 0 Å². The lowest BCUT2D eigenvalue weighted by molar-refractivity contribution is -0.178. The zero-order chi connectivity index (χ0) is 24.1. The van der Waals surface area contributed by atoms with Gasteiger partial charge in [0.25, 0.3) is 0 Å². The van der Waals surface area contributed by atoms with E-state index in [2.05, 4.69) is 76.4 Å². The van der Waals surface area contributed by atoms with Gasteiger partial charge >= 0.3 is 11.9 Å². The molecule has 0 aliphatic heterocycles. The van der Waals surface area contributed by atoms with E-state index in [-0.39, 0.29) is 17.9 Å². The highest BCUT2D eigenvalue weighted by Gasteiger charge is 2.64. The topological polar surface area (TPSA) is 52.6 Å². The summed E-state index contributed by atoms with van der Waals surface area (Å²) in [6.07, 6.45) is 4.62. The maximum Gasteiger partial charge on any atom is 0.312 e. The lowest BCUT2D eigenvalue weighted by Crippen LogP contribution is -2.56. The van der Waals surface area contributed by atoms with E-state index in [1.165, 1.54) is 14.2 Å². The van der Waals surface area contributed by atoms with E-state index in [1.807, 2.05) is 30.3 Å². The third-order valence-electron chi connectivity index (χ3n) is 7.14. The van der Waals surface area contributed by atoms with E-state index < -0.39 is 10.8 Å². The fourth-order valence-electron chi connectivity index (χ4n) is 6.07. The molecule has 178 valence electrons. The molecule has 2 aliphatic carbocycles. The maximum absolute atomic E-state index is 13.2. The van der Waals surface area contributed by atoms with Gasteiger partial charge in [-0.15, -0.1) is 0 Å². The second kappa shape index (κ2) is 11.5. The Kier molecular flexibility index (Phi) is 9.23. The van der Waals surface area contributed by atoms with Crippen molar-refractivity contribution in [3.8, 4) is 11.1 Å². The summed E-state index contributed by atoms with van der Waals surface area (Å²) >= 11 is 4.66. The molecule has 4 rings (SSSR count). The third-order valence-corrected chi connectivity index (χ3v) is 7.14. The van der Waals surface area contributed by atoms with Gasteiger partial charge in [-0.25, -0.2) is 0 Å². The summed E-state index contributed by atoms with van der Waals surface area (Å²) in [6, 6.07) is 18.4. The largest absolute Gasteiger partial charge is 0.469 e. The fourth-order valence-corrected chi connectivity index (χ4v) is 6.07. The molecule has 0 radical (unpaired) electrons. The van der Waals surface area contributed by atoms with Crippen molar-refractivity contribution in [1.29, 1.82) is 0 Å². The lowest BCUT2D eigenvalue weighted by Gasteiger charge is -2.56. The first-order valence-electron chi connectivity index (χ1n) is 11.4. The molecule has 6 heteroatoms. The quantitative estimate of drug-likeness (QED) is 0.194. The summed E-state index contributed by atoms with van der Waals surface area (Å²) in [6.45, 7) is 2.14. The van der Waals surface area contributed by atoms with E-state index in [9.17, 15) is 9.59 Å². The number of fused-ring (bicyclic) bond motifs is 2. The van der Waals surface area contributed by atoms with E-state index in [1.54, 1.807) is 0 Å². The Balaban J connectivity index is 0.000000709. The molecule has 2 aromatic rings. The van der Waals surface area contributed by atoms with Crippen LogP contribution in [0.2, 0.25) is 0 Å². The van der Waals surface area contributed by atoms with Crippen LogP contribution in [0.25, 0.3) is 11.1 Å². The summed E-state index contributed by atoms with van der Waals surface area (Å²) in [4.78, 5) is 26.4. The number of rotatable bonds is 4. The van der Waals surface area contributed by atoms with Crippen molar-refractivity contribution in [3.63, 3.8) is 0 Å². The summed E-state index contributed by atoms with van der Waals surface area (Å²) in [7, 11) is 2.92. The van der Waals surface area contributed by atoms with E-state index in [0.29, 0.717) is 0 Å². The van der Waals surface area contributed by atoms with Gasteiger partial charge in [0.05, 0.1) is 27.0 Å². The molecule has 2 aromatic carbocycles. The van der Waals surface area contributed by atoms with E-state index in [4.69, 9.17) is 9.47 Å². The molecule has 2 aliphatic rings. The summed E-state index contributed by atoms with van der Waals surface area (Å²) < 4.78 is 11.4. The molecule has 0 heterocycles. The number of hydrogen-bond acceptors (Lipinski definition) is 4. The van der Waals surface area contributed by atoms with E-state index >= 15 is 0 Å². The van der Waals surface area contributed by atoms with Crippen LogP contribution in [-0.2, 0) is 19.1 Å². The Morgan fingerprint density at radius 2 is 1.24 bits per heavy atom. The highest BCUT2D eigenvalue weighted by molar-refractivity contribution is 14.2. The smallest absolute Gasteiger partial charge is 0.312 e. The minimum absolute atomic E-state index is 0.196. The normalized spacial score (nSPS) is 26.1. The Morgan fingerprint density at radius 1 is 0.818 bits per heavy atom. The van der Waals surface area contributed by atoms with Crippen molar-refractivity contribution in [1.82, 2.24) is 0 Å². The monoisotopic (exact) mass is 674 g/mol. The number of methoxy groups -OCH3 is 2. The van der Waals surface area contributed by atoms with Crippen LogP contribution in [0, 0.1) is 10.8 Å². The van der Waals surface area contributed by atoms with Gasteiger partial charge in [-0.3, -0.25) is 9.59 Å². The van der Waals surface area contributed by atoms with Crippen LogP contribution >= 0.6 is 45.2 Å². The number of carbonyl (C=O) groups excluding carboxylic acids is 2. The van der Waals surface area contributed by atoms with Gasteiger partial charge in [-0.05, 0) is 49.3 Å². The molecule has 0 atom stereocenters. The second-order valence-electron chi connectivity index (χ2n) is 8.91. The number of alkyl halides is 2. The minimum Gasteiger partial charge on any atom is -0.469 e. The average molecular weight is 674 g/mol.